The van der Waals surface area contributed by atoms with Crippen molar-refractivity contribution in [2.45, 2.75) is 57.2 Å². The van der Waals surface area contributed by atoms with Crippen molar-refractivity contribution in [3.63, 3.8) is 0 Å². The van der Waals surface area contributed by atoms with E-state index < -0.39 is 10.0 Å². The zero-order valence-corrected chi connectivity index (χ0v) is 18.5. The van der Waals surface area contributed by atoms with Crippen LogP contribution in [0.15, 0.2) is 30.5 Å². The van der Waals surface area contributed by atoms with Crippen LogP contribution < -0.4 is 9.62 Å². The van der Waals surface area contributed by atoms with Gasteiger partial charge >= 0.3 is 0 Å². The fraction of sp³-hybridized carbons (Fsp3) is 0.619. The van der Waals surface area contributed by atoms with Gasteiger partial charge in [0.15, 0.2) is 0 Å². The molecule has 164 valence electrons. The fourth-order valence-corrected chi connectivity index (χ4v) is 5.25. The van der Waals surface area contributed by atoms with Gasteiger partial charge in [0.05, 0.1) is 30.7 Å². The first-order valence-corrected chi connectivity index (χ1v) is 12.6. The van der Waals surface area contributed by atoms with Crippen LogP contribution in [0.3, 0.4) is 0 Å². The molecule has 0 saturated carbocycles. The lowest BCUT2D eigenvalue weighted by Gasteiger charge is -2.36. The maximum Gasteiger partial charge on any atom is 0.209 e. The summed E-state index contributed by atoms with van der Waals surface area (Å²) < 4.78 is 34.9. The van der Waals surface area contributed by atoms with Gasteiger partial charge in [0.25, 0.3) is 0 Å². The highest BCUT2D eigenvalue weighted by Gasteiger charge is 2.33. The Labute approximate surface area is 178 Å². The molecule has 2 aromatic rings. The third kappa shape index (κ3) is 5.01. The molecular weight excluding hydrogens is 402 g/mol. The molecule has 1 fully saturated rings. The van der Waals surface area contributed by atoms with Crippen molar-refractivity contribution >= 4 is 15.8 Å². The lowest BCUT2D eigenvalue weighted by Crippen LogP contribution is -2.47. The largest absolute Gasteiger partial charge is 0.376 e. The summed E-state index contributed by atoms with van der Waals surface area (Å²) in [5.74, 6) is 1.01. The quantitative estimate of drug-likeness (QED) is 0.718. The monoisotopic (exact) mass is 433 g/mol. The van der Waals surface area contributed by atoms with Crippen molar-refractivity contribution < 1.29 is 13.2 Å². The van der Waals surface area contributed by atoms with Gasteiger partial charge in [-0.15, -0.1) is 0 Å². The fourth-order valence-electron chi connectivity index (χ4n) is 4.43. The molecule has 1 N–H and O–H groups in total. The normalized spacial score (nSPS) is 22.8. The molecule has 30 heavy (non-hydrogen) atoms. The molecule has 0 radical (unpaired) electrons. The van der Waals surface area contributed by atoms with Crippen LogP contribution in [0.5, 0.6) is 0 Å². The highest BCUT2D eigenvalue weighted by molar-refractivity contribution is 7.88. The summed E-state index contributed by atoms with van der Waals surface area (Å²) in [5.41, 5.74) is 2.20. The van der Waals surface area contributed by atoms with Crippen LogP contribution >= 0.6 is 0 Å². The molecule has 4 heterocycles. The predicted molar refractivity (Wildman–Crippen MR) is 116 cm³/mol. The number of piperidine rings is 1. The smallest absolute Gasteiger partial charge is 0.209 e. The van der Waals surface area contributed by atoms with Crippen LogP contribution in [0.4, 0.5) is 5.82 Å². The van der Waals surface area contributed by atoms with E-state index in [9.17, 15) is 8.42 Å². The maximum absolute atomic E-state index is 11.9. The van der Waals surface area contributed by atoms with E-state index in [0.29, 0.717) is 6.61 Å². The van der Waals surface area contributed by atoms with Gasteiger partial charge in [-0.25, -0.2) is 18.1 Å². The number of aryl methyl sites for hydroxylation is 2. The molecule has 8 nitrogen and oxygen atoms in total. The van der Waals surface area contributed by atoms with Crippen LogP contribution in [0.1, 0.15) is 43.6 Å². The van der Waals surface area contributed by atoms with E-state index in [1.807, 2.05) is 29.1 Å². The van der Waals surface area contributed by atoms with Crippen molar-refractivity contribution in [1.82, 2.24) is 19.5 Å². The van der Waals surface area contributed by atoms with Crippen molar-refractivity contribution in [2.24, 2.45) is 0 Å². The Morgan fingerprint density at radius 2 is 2.03 bits per heavy atom. The number of pyridine rings is 1. The minimum atomic E-state index is -3.30. The SMILES string of the molecule is CCc1cc2n(n1)C(COC1CCN(c3ccccn3)CC1)C(NS(C)(=O)=O)CC2. The molecule has 0 spiro atoms. The Kier molecular flexibility index (Phi) is 6.40. The second kappa shape index (κ2) is 9.03. The summed E-state index contributed by atoms with van der Waals surface area (Å²) in [4.78, 5) is 6.72. The van der Waals surface area contributed by atoms with Crippen molar-refractivity contribution in [2.75, 3.05) is 30.9 Å². The molecule has 0 aromatic carbocycles. The number of sulfonamides is 1. The molecule has 0 aliphatic carbocycles. The molecule has 2 aromatic heterocycles. The molecule has 2 unspecified atom stereocenters. The third-order valence-corrected chi connectivity index (χ3v) is 6.73. The van der Waals surface area contributed by atoms with Gasteiger partial charge in [0.2, 0.25) is 10.0 Å². The van der Waals surface area contributed by atoms with Crippen molar-refractivity contribution in [1.29, 1.82) is 0 Å². The highest BCUT2D eigenvalue weighted by atomic mass is 32.2. The minimum absolute atomic E-state index is 0.127. The predicted octanol–water partition coefficient (Wildman–Crippen LogP) is 1.93. The zero-order valence-electron chi connectivity index (χ0n) is 17.7. The lowest BCUT2D eigenvalue weighted by atomic mass is 9.98. The van der Waals surface area contributed by atoms with E-state index in [2.05, 4.69) is 27.6 Å². The van der Waals surface area contributed by atoms with Gasteiger partial charge in [0.1, 0.15) is 5.82 Å². The first-order valence-electron chi connectivity index (χ1n) is 10.7. The number of hydrogen-bond donors (Lipinski definition) is 1. The number of fused-ring (bicyclic) bond motifs is 1. The number of anilines is 1. The van der Waals surface area contributed by atoms with E-state index in [0.717, 1.165) is 62.4 Å². The highest BCUT2D eigenvalue weighted by Crippen LogP contribution is 2.28. The summed E-state index contributed by atoms with van der Waals surface area (Å²) in [6, 6.07) is 7.78. The van der Waals surface area contributed by atoms with Crippen molar-refractivity contribution in [3.8, 4) is 0 Å². The Morgan fingerprint density at radius 1 is 1.23 bits per heavy atom. The second-order valence-electron chi connectivity index (χ2n) is 8.24. The van der Waals surface area contributed by atoms with Gasteiger partial charge < -0.3 is 9.64 Å². The second-order valence-corrected chi connectivity index (χ2v) is 10.0. The molecule has 0 amide bonds. The van der Waals surface area contributed by atoms with E-state index in [1.54, 1.807) is 0 Å². The topological polar surface area (TPSA) is 89.3 Å². The van der Waals surface area contributed by atoms with E-state index >= 15 is 0 Å². The number of ether oxygens (including phenoxy) is 1. The van der Waals surface area contributed by atoms with Crippen LogP contribution in [0, 0.1) is 0 Å². The number of rotatable bonds is 7. The molecule has 0 bridgehead atoms. The summed E-state index contributed by atoms with van der Waals surface area (Å²) in [6.07, 6.45) is 7.50. The van der Waals surface area contributed by atoms with E-state index in [4.69, 9.17) is 9.84 Å². The number of hydrogen-bond acceptors (Lipinski definition) is 6. The minimum Gasteiger partial charge on any atom is -0.376 e. The summed E-state index contributed by atoms with van der Waals surface area (Å²) in [5, 5.41) is 4.73. The Balaban J connectivity index is 1.40. The number of aromatic nitrogens is 3. The van der Waals surface area contributed by atoms with Crippen LogP contribution in [-0.2, 0) is 27.6 Å². The molecule has 9 heteroatoms. The average Bonchev–Trinajstić information content (AvgIpc) is 3.16. The van der Waals surface area contributed by atoms with Crippen LogP contribution in [0.2, 0.25) is 0 Å². The van der Waals surface area contributed by atoms with Crippen molar-refractivity contribution in [3.05, 3.63) is 41.9 Å². The molecule has 2 atom stereocenters. The first kappa shape index (κ1) is 21.3. The Hall–Kier alpha value is -1.97. The molecule has 4 rings (SSSR count). The Bertz CT molecular complexity index is 939. The van der Waals surface area contributed by atoms with Gasteiger partial charge in [0, 0.05) is 31.0 Å². The summed E-state index contributed by atoms with van der Waals surface area (Å²) in [6.45, 7) is 4.36. The standard InChI is InChI=1S/C21H31N5O3S/c1-3-16-14-17-7-8-19(24-30(2,27)28)20(26(17)23-16)15-29-18-9-12-25(13-10-18)21-6-4-5-11-22-21/h4-6,11,14,18-20,24H,3,7-10,12-13,15H2,1-2H3. The van der Waals surface area contributed by atoms with Gasteiger partial charge in [-0.1, -0.05) is 13.0 Å². The molecule has 2 aliphatic rings. The summed E-state index contributed by atoms with van der Waals surface area (Å²) in [7, 11) is -3.30. The summed E-state index contributed by atoms with van der Waals surface area (Å²) >= 11 is 0. The zero-order chi connectivity index (χ0) is 21.1. The van der Waals surface area contributed by atoms with Gasteiger partial charge in [-0.3, -0.25) is 4.68 Å². The Morgan fingerprint density at radius 3 is 2.70 bits per heavy atom. The lowest BCUT2D eigenvalue weighted by molar-refractivity contribution is 0.00606. The van der Waals surface area contributed by atoms with Crippen LogP contribution in [0.25, 0.3) is 0 Å². The molecular formula is C21H31N5O3S. The third-order valence-electron chi connectivity index (χ3n) is 6.00. The van der Waals surface area contributed by atoms with Gasteiger partial charge in [-0.2, -0.15) is 5.10 Å². The average molecular weight is 434 g/mol. The molecule has 2 aliphatic heterocycles. The molecule has 1 saturated heterocycles. The van der Waals surface area contributed by atoms with E-state index in [1.165, 1.54) is 6.26 Å². The number of nitrogens with one attached hydrogen (secondary N) is 1. The first-order chi connectivity index (χ1) is 14.4. The van der Waals surface area contributed by atoms with Gasteiger partial charge in [-0.05, 0) is 50.3 Å². The van der Waals surface area contributed by atoms with Crippen LogP contribution in [-0.4, -0.2) is 61.3 Å². The van der Waals surface area contributed by atoms with E-state index in [-0.39, 0.29) is 18.2 Å². The maximum atomic E-state index is 11.9. The number of nitrogens with zero attached hydrogens (tertiary/aromatic N) is 4.